The van der Waals surface area contributed by atoms with Gasteiger partial charge in [-0.05, 0) is 48.0 Å². The average Bonchev–Trinajstić information content (AvgIpc) is 2.84. The largest absolute Gasteiger partial charge is 0.497 e. The third-order valence-electron chi connectivity index (χ3n) is 5.19. The Labute approximate surface area is 200 Å². The molecule has 0 heterocycles. The zero-order valence-corrected chi connectivity index (χ0v) is 20.5. The summed E-state index contributed by atoms with van der Waals surface area (Å²) in [5, 5.41) is 2.81. The minimum Gasteiger partial charge on any atom is -0.497 e. The van der Waals surface area contributed by atoms with E-state index in [2.05, 4.69) is 5.32 Å². The predicted octanol–water partition coefficient (Wildman–Crippen LogP) is 3.60. The highest BCUT2D eigenvalue weighted by molar-refractivity contribution is 7.89. The van der Waals surface area contributed by atoms with Gasteiger partial charge in [0.1, 0.15) is 16.4 Å². The van der Waals surface area contributed by atoms with Crippen LogP contribution >= 0.6 is 0 Å². The van der Waals surface area contributed by atoms with Crippen LogP contribution in [0.2, 0.25) is 0 Å². The number of ether oxygens (including phenoxy) is 2. The smallest absolute Gasteiger partial charge is 0.246 e. The molecule has 0 aliphatic heterocycles. The molecule has 0 saturated heterocycles. The SMILES string of the molecule is COc1ccc(N(CC(=O)Nc2ccc(OC)c(S(=O)(=O)N(C)C)c2)Cc2ccccc2)cc1. The second-order valence-electron chi connectivity index (χ2n) is 7.74. The quantitative estimate of drug-likeness (QED) is 0.474. The van der Waals surface area contributed by atoms with Gasteiger partial charge in [-0.3, -0.25) is 4.79 Å². The molecule has 0 fully saturated rings. The van der Waals surface area contributed by atoms with E-state index in [4.69, 9.17) is 9.47 Å². The number of carbonyl (C=O) groups excluding carboxylic acids is 1. The zero-order valence-electron chi connectivity index (χ0n) is 19.7. The van der Waals surface area contributed by atoms with E-state index >= 15 is 0 Å². The van der Waals surface area contributed by atoms with Gasteiger partial charge >= 0.3 is 0 Å². The van der Waals surface area contributed by atoms with Gasteiger partial charge in [0.15, 0.2) is 0 Å². The number of sulfonamides is 1. The second kappa shape index (κ2) is 11.0. The summed E-state index contributed by atoms with van der Waals surface area (Å²) in [7, 11) is 2.13. The summed E-state index contributed by atoms with van der Waals surface area (Å²) < 4.78 is 36.9. The highest BCUT2D eigenvalue weighted by Crippen LogP contribution is 2.29. The highest BCUT2D eigenvalue weighted by Gasteiger charge is 2.23. The zero-order chi connectivity index (χ0) is 24.7. The Morgan fingerprint density at radius 3 is 2.18 bits per heavy atom. The Morgan fingerprint density at radius 2 is 1.59 bits per heavy atom. The summed E-state index contributed by atoms with van der Waals surface area (Å²) in [4.78, 5) is 14.9. The molecule has 3 aromatic rings. The highest BCUT2D eigenvalue weighted by atomic mass is 32.2. The fraction of sp³-hybridized carbons (Fsp3) is 0.240. The standard InChI is InChI=1S/C25H29N3O5S/c1-27(2)34(30,31)24-16-20(10-15-23(24)33-4)26-25(29)18-28(17-19-8-6-5-7-9-19)21-11-13-22(32-3)14-12-21/h5-16H,17-18H2,1-4H3,(H,26,29). The minimum absolute atomic E-state index is 0.0194. The van der Waals surface area contributed by atoms with E-state index in [1.54, 1.807) is 13.2 Å². The maximum Gasteiger partial charge on any atom is 0.246 e. The first-order valence-corrected chi connectivity index (χ1v) is 12.0. The van der Waals surface area contributed by atoms with Crippen LogP contribution in [0.15, 0.2) is 77.7 Å². The third-order valence-corrected chi connectivity index (χ3v) is 7.03. The molecule has 3 rings (SSSR count). The lowest BCUT2D eigenvalue weighted by atomic mass is 10.2. The van der Waals surface area contributed by atoms with Crippen molar-refractivity contribution < 1.29 is 22.7 Å². The summed E-state index contributed by atoms with van der Waals surface area (Å²) in [6.45, 7) is 0.576. The maximum atomic E-state index is 13.0. The van der Waals surface area contributed by atoms with Gasteiger partial charge in [0.25, 0.3) is 0 Å². The van der Waals surface area contributed by atoms with Gasteiger partial charge in [0, 0.05) is 32.0 Å². The van der Waals surface area contributed by atoms with E-state index in [-0.39, 0.29) is 23.1 Å². The van der Waals surface area contributed by atoms with Gasteiger partial charge in [-0.15, -0.1) is 0 Å². The number of methoxy groups -OCH3 is 2. The van der Waals surface area contributed by atoms with Gasteiger partial charge in [0.2, 0.25) is 15.9 Å². The van der Waals surface area contributed by atoms with E-state index in [1.807, 2.05) is 59.5 Å². The van der Waals surface area contributed by atoms with Crippen LogP contribution < -0.4 is 19.7 Å². The van der Waals surface area contributed by atoms with Gasteiger partial charge in [-0.1, -0.05) is 30.3 Å². The molecule has 0 aliphatic rings. The minimum atomic E-state index is -3.76. The van der Waals surface area contributed by atoms with Crippen molar-refractivity contribution in [3.63, 3.8) is 0 Å². The number of carbonyl (C=O) groups is 1. The van der Waals surface area contributed by atoms with Crippen molar-refractivity contribution in [1.29, 1.82) is 0 Å². The Balaban J connectivity index is 1.84. The van der Waals surface area contributed by atoms with Crippen LogP contribution in [-0.2, 0) is 21.4 Å². The van der Waals surface area contributed by atoms with Gasteiger partial charge in [-0.2, -0.15) is 0 Å². The Morgan fingerprint density at radius 1 is 0.912 bits per heavy atom. The van der Waals surface area contributed by atoms with Crippen LogP contribution in [0.5, 0.6) is 11.5 Å². The fourth-order valence-electron chi connectivity index (χ4n) is 3.36. The molecule has 0 saturated carbocycles. The molecule has 34 heavy (non-hydrogen) atoms. The summed E-state index contributed by atoms with van der Waals surface area (Å²) in [5.74, 6) is 0.640. The second-order valence-corrected chi connectivity index (χ2v) is 9.86. The number of amides is 1. The normalized spacial score (nSPS) is 11.2. The predicted molar refractivity (Wildman–Crippen MR) is 133 cm³/mol. The number of hydrogen-bond donors (Lipinski definition) is 1. The van der Waals surface area contributed by atoms with Crippen molar-refractivity contribution in [2.24, 2.45) is 0 Å². The number of rotatable bonds is 10. The molecular weight excluding hydrogens is 454 g/mol. The lowest BCUT2D eigenvalue weighted by Crippen LogP contribution is -2.33. The van der Waals surface area contributed by atoms with Crippen LogP contribution in [-0.4, -0.2) is 53.5 Å². The first-order valence-electron chi connectivity index (χ1n) is 10.6. The van der Waals surface area contributed by atoms with Crippen LogP contribution in [0.25, 0.3) is 0 Å². The molecule has 8 nitrogen and oxygen atoms in total. The first kappa shape index (κ1) is 25.1. The number of hydrogen-bond acceptors (Lipinski definition) is 6. The molecule has 0 aromatic heterocycles. The molecule has 0 spiro atoms. The Hall–Kier alpha value is -3.56. The number of nitrogens with zero attached hydrogens (tertiary/aromatic N) is 2. The molecule has 3 aromatic carbocycles. The van der Waals surface area contributed by atoms with Crippen molar-refractivity contribution in [3.05, 3.63) is 78.4 Å². The van der Waals surface area contributed by atoms with E-state index in [9.17, 15) is 13.2 Å². The summed E-state index contributed by atoms with van der Waals surface area (Å²) in [6.07, 6.45) is 0. The fourth-order valence-corrected chi connectivity index (χ4v) is 4.44. The topological polar surface area (TPSA) is 88.2 Å². The summed E-state index contributed by atoms with van der Waals surface area (Å²) in [6, 6.07) is 21.8. The molecule has 1 N–H and O–H groups in total. The Bertz CT molecular complexity index is 1210. The van der Waals surface area contributed by atoms with Crippen molar-refractivity contribution in [1.82, 2.24) is 4.31 Å². The van der Waals surface area contributed by atoms with E-state index in [0.29, 0.717) is 12.2 Å². The molecule has 0 aliphatic carbocycles. The summed E-state index contributed by atoms with van der Waals surface area (Å²) in [5.41, 5.74) is 2.26. The lowest BCUT2D eigenvalue weighted by Gasteiger charge is -2.25. The van der Waals surface area contributed by atoms with Crippen molar-refractivity contribution >= 4 is 27.3 Å². The number of benzene rings is 3. The molecule has 180 valence electrons. The van der Waals surface area contributed by atoms with Crippen LogP contribution in [0.3, 0.4) is 0 Å². The van der Waals surface area contributed by atoms with Crippen molar-refractivity contribution in [2.75, 3.05) is 45.1 Å². The van der Waals surface area contributed by atoms with E-state index in [1.165, 1.54) is 33.3 Å². The van der Waals surface area contributed by atoms with Gasteiger partial charge in [0.05, 0.1) is 20.8 Å². The number of nitrogens with one attached hydrogen (secondary N) is 1. The molecule has 9 heteroatoms. The average molecular weight is 484 g/mol. The summed E-state index contributed by atoms with van der Waals surface area (Å²) >= 11 is 0. The van der Waals surface area contributed by atoms with Gasteiger partial charge < -0.3 is 19.7 Å². The Kier molecular flexibility index (Phi) is 8.14. The van der Waals surface area contributed by atoms with E-state index in [0.717, 1.165) is 21.3 Å². The molecule has 1 amide bonds. The van der Waals surface area contributed by atoms with Gasteiger partial charge in [-0.25, -0.2) is 12.7 Å². The third kappa shape index (κ3) is 6.06. The number of anilines is 2. The molecular formula is C25H29N3O5S. The maximum absolute atomic E-state index is 13.0. The lowest BCUT2D eigenvalue weighted by molar-refractivity contribution is -0.115. The molecule has 0 radical (unpaired) electrons. The van der Waals surface area contributed by atoms with Crippen LogP contribution in [0.4, 0.5) is 11.4 Å². The van der Waals surface area contributed by atoms with Crippen molar-refractivity contribution in [2.45, 2.75) is 11.4 Å². The molecule has 0 unspecified atom stereocenters. The van der Waals surface area contributed by atoms with Crippen LogP contribution in [0, 0.1) is 0 Å². The van der Waals surface area contributed by atoms with Crippen molar-refractivity contribution in [3.8, 4) is 11.5 Å². The van der Waals surface area contributed by atoms with Crippen LogP contribution in [0.1, 0.15) is 5.56 Å². The monoisotopic (exact) mass is 483 g/mol. The first-order chi connectivity index (χ1) is 16.2. The van der Waals surface area contributed by atoms with E-state index < -0.39 is 10.0 Å². The molecule has 0 bridgehead atoms. The molecule has 0 atom stereocenters.